The first-order chi connectivity index (χ1) is 13.5. The molecule has 1 aliphatic rings. The second kappa shape index (κ2) is 8.82. The summed E-state index contributed by atoms with van der Waals surface area (Å²) in [5.41, 5.74) is -1.40. The molecule has 0 bridgehead atoms. The van der Waals surface area contributed by atoms with Crippen molar-refractivity contribution >= 4 is 18.0 Å². The zero-order chi connectivity index (χ0) is 21.8. The largest absolute Gasteiger partial charge is 0.480 e. The molecule has 1 aliphatic carbocycles. The molecular weight excluding hydrogens is 378 g/mol. The smallest absolute Gasteiger partial charge is 0.407 e. The first-order valence-corrected chi connectivity index (χ1v) is 9.56. The van der Waals surface area contributed by atoms with Gasteiger partial charge in [0.05, 0.1) is 0 Å². The highest BCUT2D eigenvalue weighted by atomic mass is 16.6. The molecule has 2 rings (SSSR count). The van der Waals surface area contributed by atoms with Crippen LogP contribution in [0.4, 0.5) is 4.79 Å². The minimum atomic E-state index is -2.11. The average molecular weight is 407 g/mol. The van der Waals surface area contributed by atoms with Crippen molar-refractivity contribution < 1.29 is 34.1 Å². The number of alkyl carbamates (subject to hydrolysis) is 1. The summed E-state index contributed by atoms with van der Waals surface area (Å²) in [7, 11) is 1.47. The third-order valence-corrected chi connectivity index (χ3v) is 5.15. The van der Waals surface area contributed by atoms with Crippen LogP contribution < -0.4 is 5.32 Å². The van der Waals surface area contributed by atoms with Crippen LogP contribution in [-0.2, 0) is 25.5 Å². The van der Waals surface area contributed by atoms with Crippen LogP contribution in [0.3, 0.4) is 0 Å². The lowest BCUT2D eigenvalue weighted by molar-refractivity contribution is -0.168. The van der Waals surface area contributed by atoms with Crippen LogP contribution in [-0.4, -0.2) is 53.6 Å². The fourth-order valence-electron chi connectivity index (χ4n) is 4.02. The van der Waals surface area contributed by atoms with E-state index < -0.39 is 41.0 Å². The summed E-state index contributed by atoms with van der Waals surface area (Å²) >= 11 is 0. The van der Waals surface area contributed by atoms with Crippen molar-refractivity contribution in [2.45, 2.75) is 57.6 Å². The standard InChI is InChI=1S/C21H29NO7/c1-20(2,3)29-19(27)22-15-12-13-8-5-6-9-14(13)16(15)21(17(23)24,18(25)26)10-7-11-28-4/h5-6,8-9,15-16H,7,10-12H2,1-4H3,(H,22,27)(H,23,24)(H,25,26)/t15-,16-/m1/s1. The number of hydrogen-bond acceptors (Lipinski definition) is 5. The number of amides is 1. The van der Waals surface area contributed by atoms with Gasteiger partial charge in [-0.25, -0.2) is 4.79 Å². The van der Waals surface area contributed by atoms with E-state index in [1.165, 1.54) is 7.11 Å². The van der Waals surface area contributed by atoms with Gasteiger partial charge in [0.15, 0.2) is 5.41 Å². The van der Waals surface area contributed by atoms with Crippen molar-refractivity contribution in [3.63, 3.8) is 0 Å². The van der Waals surface area contributed by atoms with Gasteiger partial charge in [0, 0.05) is 25.7 Å². The molecule has 160 valence electrons. The van der Waals surface area contributed by atoms with Crippen LogP contribution in [0, 0.1) is 5.41 Å². The molecule has 0 unspecified atom stereocenters. The molecule has 0 heterocycles. The van der Waals surface area contributed by atoms with Crippen molar-refractivity contribution in [2.75, 3.05) is 13.7 Å². The van der Waals surface area contributed by atoms with E-state index in [0.29, 0.717) is 12.0 Å². The minimum Gasteiger partial charge on any atom is -0.480 e. The number of carboxylic acid groups (broad SMARTS) is 2. The number of benzene rings is 1. The monoisotopic (exact) mass is 407 g/mol. The molecule has 1 aromatic carbocycles. The molecule has 2 atom stereocenters. The Balaban J connectivity index is 2.48. The zero-order valence-electron chi connectivity index (χ0n) is 17.2. The van der Waals surface area contributed by atoms with Gasteiger partial charge in [-0.3, -0.25) is 9.59 Å². The Kier molecular flexibility index (Phi) is 6.89. The topological polar surface area (TPSA) is 122 Å². The molecule has 0 saturated carbocycles. The molecule has 8 nitrogen and oxygen atoms in total. The summed E-state index contributed by atoms with van der Waals surface area (Å²) in [6.07, 6.45) is -0.252. The lowest BCUT2D eigenvalue weighted by atomic mass is 9.68. The van der Waals surface area contributed by atoms with E-state index in [4.69, 9.17) is 9.47 Å². The van der Waals surface area contributed by atoms with Crippen LogP contribution in [0.1, 0.15) is 50.7 Å². The second-order valence-electron chi connectivity index (χ2n) is 8.31. The van der Waals surface area contributed by atoms with E-state index in [2.05, 4.69) is 5.32 Å². The van der Waals surface area contributed by atoms with Crippen molar-refractivity contribution in [1.82, 2.24) is 5.32 Å². The number of ether oxygens (including phenoxy) is 2. The highest BCUT2D eigenvalue weighted by Crippen LogP contribution is 2.48. The molecule has 1 amide bonds. The Bertz CT molecular complexity index is 755. The highest BCUT2D eigenvalue weighted by molar-refractivity contribution is 6.00. The molecule has 3 N–H and O–H groups in total. The molecule has 0 aliphatic heterocycles. The summed E-state index contributed by atoms with van der Waals surface area (Å²) in [6, 6.07) is 6.37. The quantitative estimate of drug-likeness (QED) is 0.447. The number of methoxy groups -OCH3 is 1. The first-order valence-electron chi connectivity index (χ1n) is 9.56. The van der Waals surface area contributed by atoms with Crippen LogP contribution in [0.5, 0.6) is 0 Å². The number of rotatable bonds is 8. The van der Waals surface area contributed by atoms with Crippen molar-refractivity contribution in [1.29, 1.82) is 0 Å². The summed E-state index contributed by atoms with van der Waals surface area (Å²) in [6.45, 7) is 5.39. The van der Waals surface area contributed by atoms with Gasteiger partial charge in [-0.2, -0.15) is 0 Å². The molecule has 29 heavy (non-hydrogen) atoms. The second-order valence-corrected chi connectivity index (χ2v) is 8.31. The predicted octanol–water partition coefficient (Wildman–Crippen LogP) is 2.80. The maximum atomic E-state index is 12.4. The van der Waals surface area contributed by atoms with Gasteiger partial charge in [-0.1, -0.05) is 24.3 Å². The fourth-order valence-corrected chi connectivity index (χ4v) is 4.02. The van der Waals surface area contributed by atoms with E-state index in [1.54, 1.807) is 39.0 Å². The van der Waals surface area contributed by atoms with Crippen molar-refractivity contribution in [3.8, 4) is 0 Å². The van der Waals surface area contributed by atoms with Crippen LogP contribution in [0.2, 0.25) is 0 Å². The summed E-state index contributed by atoms with van der Waals surface area (Å²) in [4.78, 5) is 37.1. The molecular formula is C21H29NO7. The number of fused-ring (bicyclic) bond motifs is 1. The fraction of sp³-hybridized carbons (Fsp3) is 0.571. The Morgan fingerprint density at radius 1 is 1.14 bits per heavy atom. The Morgan fingerprint density at radius 2 is 1.76 bits per heavy atom. The van der Waals surface area contributed by atoms with Gasteiger partial charge in [0.1, 0.15) is 5.60 Å². The van der Waals surface area contributed by atoms with Crippen LogP contribution in [0.25, 0.3) is 0 Å². The maximum absolute atomic E-state index is 12.4. The van der Waals surface area contributed by atoms with Gasteiger partial charge in [-0.05, 0) is 51.2 Å². The average Bonchev–Trinajstić information content (AvgIpc) is 2.94. The van der Waals surface area contributed by atoms with Crippen molar-refractivity contribution in [2.24, 2.45) is 5.41 Å². The molecule has 0 aromatic heterocycles. The summed E-state index contributed by atoms with van der Waals surface area (Å²) in [5.74, 6) is -3.81. The molecule has 1 aromatic rings. The number of carbonyl (C=O) groups is 3. The highest BCUT2D eigenvalue weighted by Gasteiger charge is 2.58. The molecule has 8 heteroatoms. The molecule has 0 radical (unpaired) electrons. The number of aliphatic carboxylic acids is 2. The predicted molar refractivity (Wildman–Crippen MR) is 105 cm³/mol. The van der Waals surface area contributed by atoms with Gasteiger partial charge < -0.3 is 25.0 Å². The Labute approximate surface area is 170 Å². The molecule has 0 fully saturated rings. The van der Waals surface area contributed by atoms with Gasteiger partial charge in [-0.15, -0.1) is 0 Å². The number of carbonyl (C=O) groups excluding carboxylic acids is 1. The van der Waals surface area contributed by atoms with Crippen molar-refractivity contribution in [3.05, 3.63) is 35.4 Å². The third kappa shape index (κ3) is 4.87. The number of hydrogen-bond donors (Lipinski definition) is 3. The minimum absolute atomic E-state index is 0.128. The normalized spacial score (nSPS) is 18.8. The third-order valence-electron chi connectivity index (χ3n) is 5.15. The maximum Gasteiger partial charge on any atom is 0.407 e. The summed E-state index contributed by atoms with van der Waals surface area (Å²) < 4.78 is 10.3. The van der Waals surface area contributed by atoms with Gasteiger partial charge in [0.2, 0.25) is 0 Å². The lowest BCUT2D eigenvalue weighted by Crippen LogP contribution is -2.52. The Hall–Kier alpha value is -2.61. The molecule has 0 saturated heterocycles. The van der Waals surface area contributed by atoms with E-state index >= 15 is 0 Å². The van der Waals surface area contributed by atoms with E-state index in [-0.39, 0.29) is 19.4 Å². The zero-order valence-corrected chi connectivity index (χ0v) is 17.2. The number of carboxylic acids is 2. The summed E-state index contributed by atoms with van der Waals surface area (Å²) in [5, 5.41) is 22.8. The van der Waals surface area contributed by atoms with E-state index in [1.807, 2.05) is 6.07 Å². The van der Waals surface area contributed by atoms with E-state index in [0.717, 1.165) is 5.56 Å². The Morgan fingerprint density at radius 3 is 2.31 bits per heavy atom. The number of nitrogens with one attached hydrogen (secondary N) is 1. The first kappa shape index (κ1) is 22.7. The lowest BCUT2D eigenvalue weighted by Gasteiger charge is -2.36. The van der Waals surface area contributed by atoms with Crippen LogP contribution in [0.15, 0.2) is 24.3 Å². The van der Waals surface area contributed by atoms with Gasteiger partial charge >= 0.3 is 18.0 Å². The van der Waals surface area contributed by atoms with Gasteiger partial charge in [0.25, 0.3) is 0 Å². The molecule has 0 spiro atoms. The SMILES string of the molecule is COCCCC(C(=O)O)(C(=O)O)[C@@H]1c2ccccc2C[C@H]1NC(=O)OC(C)(C)C. The van der Waals surface area contributed by atoms with Crippen LogP contribution >= 0.6 is 0 Å². The van der Waals surface area contributed by atoms with E-state index in [9.17, 15) is 24.6 Å².